The molecule has 0 amide bonds. The minimum Gasteiger partial charge on any atom is -0.392 e. The lowest BCUT2D eigenvalue weighted by atomic mass is 9.43. The van der Waals surface area contributed by atoms with E-state index < -0.39 is 0 Å². The van der Waals surface area contributed by atoms with Crippen LogP contribution in [0.5, 0.6) is 0 Å². The Morgan fingerprint density at radius 1 is 0.878 bits per heavy atom. The zero-order valence-corrected chi connectivity index (χ0v) is 28.1. The van der Waals surface area contributed by atoms with Crippen LogP contribution in [-0.4, -0.2) is 18.0 Å². The second-order valence-electron chi connectivity index (χ2n) is 15.3. The molecular formula is C39H64O2. The molecule has 1 aromatic carbocycles. The van der Waals surface area contributed by atoms with Crippen LogP contribution in [0.1, 0.15) is 148 Å². The van der Waals surface area contributed by atoms with Crippen molar-refractivity contribution in [1.29, 1.82) is 0 Å². The van der Waals surface area contributed by atoms with Crippen LogP contribution in [0.2, 0.25) is 0 Å². The quantitative estimate of drug-likeness (QED) is 0.212. The highest BCUT2D eigenvalue weighted by Gasteiger charge is 2.60. The molecule has 2 heteroatoms. The summed E-state index contributed by atoms with van der Waals surface area (Å²) in [4.78, 5) is 10.4. The largest absolute Gasteiger partial charge is 0.392 e. The Balaban J connectivity index is 0.000000278. The lowest BCUT2D eigenvalue weighted by Crippen LogP contribution is -2.55. The number of allylic oxidation sites excluding steroid dienone is 1. The van der Waals surface area contributed by atoms with Gasteiger partial charge in [0, 0.05) is 5.56 Å². The third-order valence-electron chi connectivity index (χ3n) is 12.2. The Morgan fingerprint density at radius 3 is 2.20 bits per heavy atom. The first-order chi connectivity index (χ1) is 19.5. The van der Waals surface area contributed by atoms with Crippen molar-refractivity contribution in [3.05, 3.63) is 47.5 Å². The summed E-state index contributed by atoms with van der Waals surface area (Å²) in [5.41, 5.74) is 3.45. The second kappa shape index (κ2) is 14.9. The van der Waals surface area contributed by atoms with Crippen LogP contribution >= 0.6 is 0 Å². The molecule has 41 heavy (non-hydrogen) atoms. The van der Waals surface area contributed by atoms with Crippen molar-refractivity contribution in [3.63, 3.8) is 0 Å². The molecule has 232 valence electrons. The molecule has 4 saturated carbocycles. The summed E-state index contributed by atoms with van der Waals surface area (Å²) in [5.74, 6) is 6.00. The summed E-state index contributed by atoms with van der Waals surface area (Å²) < 4.78 is 0. The van der Waals surface area contributed by atoms with Crippen molar-refractivity contribution < 1.29 is 9.90 Å². The van der Waals surface area contributed by atoms with Gasteiger partial charge in [-0.1, -0.05) is 105 Å². The van der Waals surface area contributed by atoms with E-state index in [2.05, 4.69) is 47.6 Å². The summed E-state index contributed by atoms with van der Waals surface area (Å²) >= 11 is 0. The van der Waals surface area contributed by atoms with Crippen LogP contribution in [0.25, 0.3) is 0 Å². The molecule has 1 aromatic rings. The monoisotopic (exact) mass is 564 g/mol. The van der Waals surface area contributed by atoms with Crippen LogP contribution in [0, 0.1) is 46.3 Å². The maximum atomic E-state index is 10.4. The number of hydrogen-bond acceptors (Lipinski definition) is 2. The standard InChI is InChI=1S/C26H44O.C11H14O.C2H6/c1-19-18-21-23-13-12-20(10-6-4-5-9-17-27)25(23,2)16-14-24(21)26(3)15-8-7-11-22(19)26;1-11(2,3)10-6-4-9(8-12)5-7-10;1-2/h5,9,19-24,27H,4,6-8,10-18H2,1-3H3;4-8H,1-3H3;1-2H3/t19-,20?,21?,22?,23?,24-,25?,26?;;/m0../s1. The van der Waals surface area contributed by atoms with Crippen LogP contribution in [0.4, 0.5) is 0 Å². The van der Waals surface area contributed by atoms with E-state index in [1.165, 1.54) is 76.2 Å². The molecule has 4 aliphatic carbocycles. The van der Waals surface area contributed by atoms with Gasteiger partial charge in [0.15, 0.2) is 0 Å². The number of unbranched alkanes of at least 4 members (excludes halogenated alkanes) is 1. The van der Waals surface area contributed by atoms with E-state index in [0.29, 0.717) is 10.8 Å². The van der Waals surface area contributed by atoms with Gasteiger partial charge in [-0.3, -0.25) is 4.79 Å². The number of carbonyl (C=O) groups excluding carboxylic acids is 1. The summed E-state index contributed by atoms with van der Waals surface area (Å²) in [6.07, 6.45) is 22.4. The lowest BCUT2D eigenvalue weighted by molar-refractivity contribution is -0.131. The Kier molecular flexibility index (Phi) is 12.3. The van der Waals surface area contributed by atoms with Crippen LogP contribution in [0.15, 0.2) is 36.4 Å². The fraction of sp³-hybridized carbons (Fsp3) is 0.769. The molecule has 0 aliphatic heterocycles. The minimum atomic E-state index is 0.168. The van der Waals surface area contributed by atoms with Crippen LogP contribution < -0.4 is 0 Å². The van der Waals surface area contributed by atoms with E-state index >= 15 is 0 Å². The van der Waals surface area contributed by atoms with Gasteiger partial charge in [0.05, 0.1) is 6.61 Å². The number of carbonyl (C=O) groups is 1. The Hall–Kier alpha value is -1.41. The van der Waals surface area contributed by atoms with Crippen molar-refractivity contribution in [2.75, 3.05) is 6.61 Å². The Labute approximate surface area is 254 Å². The average Bonchev–Trinajstić information content (AvgIpc) is 3.30. The molecule has 0 heterocycles. The third kappa shape index (κ3) is 7.57. The normalized spacial score (nSPS) is 36.1. The first-order valence-corrected chi connectivity index (χ1v) is 17.4. The first kappa shape index (κ1) is 34.1. The van der Waals surface area contributed by atoms with Gasteiger partial charge in [-0.15, -0.1) is 0 Å². The van der Waals surface area contributed by atoms with E-state index in [0.717, 1.165) is 53.8 Å². The SMILES string of the molecule is CC.CC(C)(C)c1ccc(C=O)cc1.C[C@H]1CC2C3CCC(CCCC=CCO)C3(C)CC[C@@H]2C2(C)CCCCC12. The molecule has 0 saturated heterocycles. The second-order valence-corrected chi connectivity index (χ2v) is 15.3. The number of aliphatic hydroxyl groups excluding tert-OH is 1. The van der Waals surface area contributed by atoms with Gasteiger partial charge in [0.2, 0.25) is 0 Å². The molecule has 0 radical (unpaired) electrons. The van der Waals surface area contributed by atoms with Gasteiger partial charge in [0.1, 0.15) is 6.29 Å². The number of benzene rings is 1. The highest BCUT2D eigenvalue weighted by molar-refractivity contribution is 5.74. The highest BCUT2D eigenvalue weighted by Crippen LogP contribution is 2.68. The number of hydrogen-bond donors (Lipinski definition) is 1. The topological polar surface area (TPSA) is 37.3 Å². The fourth-order valence-electron chi connectivity index (χ4n) is 10.1. The summed E-state index contributed by atoms with van der Waals surface area (Å²) in [6.45, 7) is 18.7. The zero-order chi connectivity index (χ0) is 30.3. The molecule has 0 bridgehead atoms. The number of rotatable bonds is 6. The summed E-state index contributed by atoms with van der Waals surface area (Å²) in [6, 6.07) is 7.72. The van der Waals surface area contributed by atoms with Gasteiger partial charge in [-0.2, -0.15) is 0 Å². The predicted octanol–water partition coefficient (Wildman–Crippen LogP) is 10.8. The third-order valence-corrected chi connectivity index (χ3v) is 12.2. The van der Waals surface area contributed by atoms with Crippen molar-refractivity contribution >= 4 is 6.29 Å². The molecule has 0 aromatic heterocycles. The van der Waals surface area contributed by atoms with Gasteiger partial charge in [-0.05, 0) is 122 Å². The lowest BCUT2D eigenvalue weighted by Gasteiger charge is -2.62. The van der Waals surface area contributed by atoms with Gasteiger partial charge < -0.3 is 5.11 Å². The van der Waals surface area contributed by atoms with Crippen molar-refractivity contribution in [1.82, 2.24) is 0 Å². The first-order valence-electron chi connectivity index (χ1n) is 17.4. The summed E-state index contributed by atoms with van der Waals surface area (Å²) in [5, 5.41) is 8.92. The van der Waals surface area contributed by atoms with E-state index in [1.54, 1.807) is 0 Å². The number of fused-ring (bicyclic) bond motifs is 5. The Bertz CT molecular complexity index is 955. The maximum Gasteiger partial charge on any atom is 0.150 e. The van der Waals surface area contributed by atoms with E-state index in [9.17, 15) is 4.79 Å². The number of aliphatic hydroxyl groups is 1. The van der Waals surface area contributed by atoms with Crippen molar-refractivity contribution in [3.8, 4) is 0 Å². The molecule has 4 aliphatic rings. The van der Waals surface area contributed by atoms with Gasteiger partial charge in [-0.25, -0.2) is 0 Å². The average molecular weight is 565 g/mol. The van der Waals surface area contributed by atoms with Crippen molar-refractivity contribution in [2.45, 2.75) is 138 Å². The molecule has 6 unspecified atom stereocenters. The van der Waals surface area contributed by atoms with Crippen LogP contribution in [0.3, 0.4) is 0 Å². The van der Waals surface area contributed by atoms with E-state index in [1.807, 2.05) is 44.2 Å². The molecular weight excluding hydrogens is 500 g/mol. The Morgan fingerprint density at radius 2 is 1.56 bits per heavy atom. The molecule has 4 fully saturated rings. The molecule has 5 rings (SSSR count). The molecule has 2 nitrogen and oxygen atoms in total. The number of aldehydes is 1. The minimum absolute atomic E-state index is 0.168. The molecule has 1 N–H and O–H groups in total. The van der Waals surface area contributed by atoms with Crippen LogP contribution in [-0.2, 0) is 5.41 Å². The molecule has 0 spiro atoms. The summed E-state index contributed by atoms with van der Waals surface area (Å²) in [7, 11) is 0. The van der Waals surface area contributed by atoms with Gasteiger partial charge >= 0.3 is 0 Å². The van der Waals surface area contributed by atoms with Gasteiger partial charge in [0.25, 0.3) is 0 Å². The van der Waals surface area contributed by atoms with E-state index in [-0.39, 0.29) is 12.0 Å². The highest BCUT2D eigenvalue weighted by atomic mass is 16.2. The fourth-order valence-corrected chi connectivity index (χ4v) is 10.1. The predicted molar refractivity (Wildman–Crippen MR) is 176 cm³/mol. The smallest absolute Gasteiger partial charge is 0.150 e. The zero-order valence-electron chi connectivity index (χ0n) is 28.1. The van der Waals surface area contributed by atoms with E-state index in [4.69, 9.17) is 5.11 Å². The molecule has 8 atom stereocenters. The van der Waals surface area contributed by atoms with Crippen molar-refractivity contribution in [2.24, 2.45) is 46.3 Å². The maximum absolute atomic E-state index is 10.4.